The molecule has 26 heavy (non-hydrogen) atoms. The number of hydrogen-bond donors (Lipinski definition) is 2. The Bertz CT molecular complexity index is 766. The van der Waals surface area contributed by atoms with E-state index in [9.17, 15) is 4.79 Å². The Labute approximate surface area is 157 Å². The Morgan fingerprint density at radius 2 is 2.35 bits per heavy atom. The molecule has 0 aromatic carbocycles. The standard InChI is InChI=1S/C17H25N7OS/c1-12-20-15-7-6-13(11-24(15)22-12)21-17(19-10-16(25)23(2)3)18-9-14-5-4-8-26-14/h4-5,8,13H,6-7,9-11H2,1-3H3,(H2,18,19,21). The van der Waals surface area contributed by atoms with Gasteiger partial charge in [0.15, 0.2) is 5.96 Å². The summed E-state index contributed by atoms with van der Waals surface area (Å²) in [7, 11) is 3.47. The van der Waals surface area contributed by atoms with E-state index in [0.717, 1.165) is 31.0 Å². The fraction of sp³-hybridized carbons (Fsp3) is 0.529. The summed E-state index contributed by atoms with van der Waals surface area (Å²) in [6.45, 7) is 3.46. The summed E-state index contributed by atoms with van der Waals surface area (Å²) in [6.07, 6.45) is 1.84. The molecule has 0 saturated carbocycles. The molecule has 1 atom stereocenters. The molecule has 3 heterocycles. The van der Waals surface area contributed by atoms with Crippen LogP contribution < -0.4 is 10.6 Å². The average Bonchev–Trinajstić information content (AvgIpc) is 3.24. The van der Waals surface area contributed by atoms with Crippen molar-refractivity contribution in [2.75, 3.05) is 20.6 Å². The Morgan fingerprint density at radius 1 is 1.50 bits per heavy atom. The number of guanidine groups is 1. The first kappa shape index (κ1) is 18.4. The zero-order valence-electron chi connectivity index (χ0n) is 15.4. The van der Waals surface area contributed by atoms with E-state index >= 15 is 0 Å². The Hall–Kier alpha value is -2.42. The van der Waals surface area contributed by atoms with Crippen molar-refractivity contribution in [2.24, 2.45) is 4.99 Å². The summed E-state index contributed by atoms with van der Waals surface area (Å²) in [5.74, 6) is 2.47. The molecule has 1 aliphatic heterocycles. The van der Waals surface area contributed by atoms with Crippen LogP contribution in [-0.2, 0) is 24.3 Å². The van der Waals surface area contributed by atoms with Crippen molar-refractivity contribution >= 4 is 23.2 Å². The normalized spacial score (nSPS) is 16.9. The molecular weight excluding hydrogens is 350 g/mol. The third-order valence-electron chi connectivity index (χ3n) is 4.19. The number of likely N-dealkylation sites (N-methyl/N-ethyl adjacent to an activating group) is 1. The summed E-state index contributed by atoms with van der Waals surface area (Å²) < 4.78 is 1.96. The van der Waals surface area contributed by atoms with E-state index < -0.39 is 0 Å². The number of amides is 1. The zero-order chi connectivity index (χ0) is 18.5. The molecule has 9 heteroatoms. The second kappa shape index (κ2) is 8.31. The molecule has 8 nitrogen and oxygen atoms in total. The van der Waals surface area contributed by atoms with Crippen LogP contribution in [0.3, 0.4) is 0 Å². The maximum Gasteiger partial charge on any atom is 0.243 e. The Kier molecular flexibility index (Phi) is 5.87. The average molecular weight is 376 g/mol. The number of aliphatic imine (C=N–C) groups is 1. The Balaban J connectivity index is 1.64. The highest BCUT2D eigenvalue weighted by atomic mass is 32.1. The predicted octanol–water partition coefficient (Wildman–Crippen LogP) is 0.786. The van der Waals surface area contributed by atoms with Crippen molar-refractivity contribution < 1.29 is 4.79 Å². The molecule has 1 aliphatic rings. The van der Waals surface area contributed by atoms with Crippen molar-refractivity contribution in [3.8, 4) is 0 Å². The first-order valence-corrected chi connectivity index (χ1v) is 9.57. The lowest BCUT2D eigenvalue weighted by Crippen LogP contribution is -2.47. The van der Waals surface area contributed by atoms with Gasteiger partial charge in [-0.2, -0.15) is 5.10 Å². The van der Waals surface area contributed by atoms with E-state index in [1.807, 2.05) is 23.1 Å². The van der Waals surface area contributed by atoms with Crippen molar-refractivity contribution in [1.82, 2.24) is 30.3 Å². The van der Waals surface area contributed by atoms with Crippen LogP contribution in [0.25, 0.3) is 0 Å². The van der Waals surface area contributed by atoms with Gasteiger partial charge < -0.3 is 15.5 Å². The molecule has 0 spiro atoms. The van der Waals surface area contributed by atoms with E-state index in [1.54, 1.807) is 30.3 Å². The third kappa shape index (κ3) is 4.81. The molecule has 2 N–H and O–H groups in total. The number of nitrogens with one attached hydrogen (secondary N) is 2. The maximum absolute atomic E-state index is 11.9. The molecule has 2 aromatic heterocycles. The molecule has 0 aliphatic carbocycles. The van der Waals surface area contributed by atoms with Crippen LogP contribution in [0.1, 0.15) is 22.9 Å². The van der Waals surface area contributed by atoms with Crippen molar-refractivity contribution in [3.63, 3.8) is 0 Å². The summed E-state index contributed by atoms with van der Waals surface area (Å²) in [4.78, 5) is 23.6. The van der Waals surface area contributed by atoms with E-state index in [2.05, 4.69) is 31.8 Å². The van der Waals surface area contributed by atoms with Crippen molar-refractivity contribution in [1.29, 1.82) is 0 Å². The van der Waals surface area contributed by atoms with Gasteiger partial charge in [-0.3, -0.25) is 4.79 Å². The lowest BCUT2D eigenvalue weighted by atomic mass is 10.1. The minimum absolute atomic E-state index is 0.0277. The molecule has 0 saturated heterocycles. The van der Waals surface area contributed by atoms with Gasteiger partial charge in [0.2, 0.25) is 5.91 Å². The van der Waals surface area contributed by atoms with Gasteiger partial charge in [-0.25, -0.2) is 14.7 Å². The molecule has 3 rings (SSSR count). The van der Waals surface area contributed by atoms with E-state index in [-0.39, 0.29) is 18.5 Å². The highest BCUT2D eigenvalue weighted by Gasteiger charge is 2.21. The SMILES string of the molecule is Cc1nc2n(n1)CC(NC(=NCC(=O)N(C)C)NCc1cccs1)CC2. The van der Waals surface area contributed by atoms with Crippen LogP contribution in [0, 0.1) is 6.92 Å². The van der Waals surface area contributed by atoms with E-state index in [1.165, 1.54) is 4.88 Å². The first-order valence-electron chi connectivity index (χ1n) is 8.69. The Morgan fingerprint density at radius 3 is 3.08 bits per heavy atom. The number of fused-ring (bicyclic) bond motifs is 1. The number of rotatable bonds is 5. The highest BCUT2D eigenvalue weighted by Crippen LogP contribution is 2.13. The monoisotopic (exact) mass is 375 g/mol. The topological polar surface area (TPSA) is 87.4 Å². The summed E-state index contributed by atoms with van der Waals surface area (Å²) in [5.41, 5.74) is 0. The van der Waals surface area contributed by atoms with Gasteiger partial charge in [0.1, 0.15) is 18.2 Å². The molecule has 1 amide bonds. The molecule has 0 fully saturated rings. The van der Waals surface area contributed by atoms with Gasteiger partial charge in [-0.15, -0.1) is 11.3 Å². The minimum Gasteiger partial charge on any atom is -0.352 e. The lowest BCUT2D eigenvalue weighted by Gasteiger charge is -2.25. The maximum atomic E-state index is 11.9. The highest BCUT2D eigenvalue weighted by molar-refractivity contribution is 7.09. The summed E-state index contributed by atoms with van der Waals surface area (Å²) in [5, 5.41) is 13.3. The smallest absolute Gasteiger partial charge is 0.243 e. The number of aromatic nitrogens is 3. The number of carbonyl (C=O) groups is 1. The second-order valence-electron chi connectivity index (χ2n) is 6.52. The van der Waals surface area contributed by atoms with Gasteiger partial charge in [0, 0.05) is 31.4 Å². The van der Waals surface area contributed by atoms with Gasteiger partial charge in [-0.1, -0.05) is 6.07 Å². The number of aryl methyl sites for hydroxylation is 2. The molecule has 0 radical (unpaired) electrons. The van der Waals surface area contributed by atoms with Crippen LogP contribution in [0.4, 0.5) is 0 Å². The first-order chi connectivity index (χ1) is 12.5. The second-order valence-corrected chi connectivity index (χ2v) is 7.56. The van der Waals surface area contributed by atoms with Gasteiger partial charge in [0.05, 0.1) is 13.1 Å². The fourth-order valence-electron chi connectivity index (χ4n) is 2.77. The van der Waals surface area contributed by atoms with Gasteiger partial charge in [0.25, 0.3) is 0 Å². The van der Waals surface area contributed by atoms with E-state index in [4.69, 9.17) is 0 Å². The number of carbonyl (C=O) groups excluding carboxylic acids is 1. The largest absolute Gasteiger partial charge is 0.352 e. The van der Waals surface area contributed by atoms with Crippen molar-refractivity contribution in [2.45, 2.75) is 38.9 Å². The fourth-order valence-corrected chi connectivity index (χ4v) is 3.41. The van der Waals surface area contributed by atoms with Crippen LogP contribution >= 0.6 is 11.3 Å². The number of hydrogen-bond acceptors (Lipinski definition) is 5. The summed E-state index contributed by atoms with van der Waals surface area (Å²) >= 11 is 1.69. The molecule has 2 aromatic rings. The summed E-state index contributed by atoms with van der Waals surface area (Å²) in [6, 6.07) is 4.30. The van der Waals surface area contributed by atoms with Gasteiger partial charge in [-0.05, 0) is 24.8 Å². The predicted molar refractivity (Wildman–Crippen MR) is 102 cm³/mol. The van der Waals surface area contributed by atoms with Crippen LogP contribution in [0.15, 0.2) is 22.5 Å². The molecule has 1 unspecified atom stereocenters. The number of nitrogens with zero attached hydrogens (tertiary/aromatic N) is 5. The zero-order valence-corrected chi connectivity index (χ0v) is 16.2. The number of thiophene rings is 1. The van der Waals surface area contributed by atoms with Crippen LogP contribution in [-0.4, -0.2) is 58.2 Å². The molecule has 140 valence electrons. The lowest BCUT2D eigenvalue weighted by molar-refractivity contribution is -0.127. The van der Waals surface area contributed by atoms with Gasteiger partial charge >= 0.3 is 0 Å². The quantitative estimate of drug-likeness (QED) is 0.596. The molecule has 0 bridgehead atoms. The van der Waals surface area contributed by atoms with Crippen molar-refractivity contribution in [3.05, 3.63) is 34.0 Å². The van der Waals surface area contributed by atoms with Crippen LogP contribution in [0.5, 0.6) is 0 Å². The van der Waals surface area contributed by atoms with Crippen LogP contribution in [0.2, 0.25) is 0 Å². The molecular formula is C17H25N7OS. The minimum atomic E-state index is -0.0277. The van der Waals surface area contributed by atoms with E-state index in [0.29, 0.717) is 12.5 Å². The third-order valence-corrected chi connectivity index (χ3v) is 5.06.